The molecule has 3 aromatic rings. The maximum Gasteiger partial charge on any atom is 0.271 e. The Morgan fingerprint density at radius 1 is 1.00 bits per heavy atom. The van der Waals surface area contributed by atoms with Gasteiger partial charge in [0.15, 0.2) is 0 Å². The predicted octanol–water partition coefficient (Wildman–Crippen LogP) is 4.60. The van der Waals surface area contributed by atoms with Gasteiger partial charge < -0.3 is 4.74 Å². The van der Waals surface area contributed by atoms with Gasteiger partial charge in [-0.1, -0.05) is 43.7 Å². The molecule has 0 aliphatic heterocycles. The van der Waals surface area contributed by atoms with Crippen LogP contribution in [0.15, 0.2) is 84.0 Å². The molecule has 8 heteroatoms. The molecular formula is C26H29N3O4S. The third kappa shape index (κ3) is 7.45. The van der Waals surface area contributed by atoms with Crippen LogP contribution in [0.5, 0.6) is 5.75 Å². The van der Waals surface area contributed by atoms with Gasteiger partial charge in [-0.15, -0.1) is 0 Å². The Bertz CT molecular complexity index is 1190. The molecule has 0 heterocycles. The minimum atomic E-state index is -3.46. The fourth-order valence-corrected chi connectivity index (χ4v) is 4.02. The van der Waals surface area contributed by atoms with Crippen molar-refractivity contribution in [3.8, 4) is 5.75 Å². The molecule has 1 N–H and O–H groups in total. The Morgan fingerprint density at radius 3 is 2.29 bits per heavy atom. The lowest BCUT2D eigenvalue weighted by molar-refractivity contribution is 0.0955. The summed E-state index contributed by atoms with van der Waals surface area (Å²) in [6.07, 6.45) is 4.83. The molecule has 0 radical (unpaired) electrons. The van der Waals surface area contributed by atoms with Crippen molar-refractivity contribution in [1.82, 2.24) is 5.43 Å². The fourth-order valence-electron chi connectivity index (χ4n) is 3.14. The number of carbonyl (C=O) groups is 1. The third-order valence-electron chi connectivity index (χ3n) is 5.01. The van der Waals surface area contributed by atoms with Crippen LogP contribution < -0.4 is 14.5 Å². The van der Waals surface area contributed by atoms with E-state index in [9.17, 15) is 13.2 Å². The molecule has 1 amide bonds. The lowest BCUT2D eigenvalue weighted by Gasteiger charge is -2.22. The van der Waals surface area contributed by atoms with Crippen LogP contribution in [0.25, 0.3) is 0 Å². The Morgan fingerprint density at radius 2 is 1.68 bits per heavy atom. The van der Waals surface area contributed by atoms with E-state index in [1.165, 1.54) is 10.6 Å². The summed E-state index contributed by atoms with van der Waals surface area (Å²) >= 11 is 0. The molecule has 0 saturated heterocycles. The first kappa shape index (κ1) is 25.0. The van der Waals surface area contributed by atoms with Crippen LogP contribution in [0.1, 0.15) is 41.3 Å². The van der Waals surface area contributed by atoms with Gasteiger partial charge in [0, 0.05) is 5.56 Å². The summed E-state index contributed by atoms with van der Waals surface area (Å²) in [5.41, 5.74) is 5.11. The number of nitrogens with one attached hydrogen (secondary N) is 1. The van der Waals surface area contributed by atoms with Gasteiger partial charge in [-0.25, -0.2) is 13.8 Å². The molecule has 0 unspecified atom stereocenters. The van der Waals surface area contributed by atoms with Crippen LogP contribution in [0, 0.1) is 0 Å². The highest BCUT2D eigenvalue weighted by Crippen LogP contribution is 2.20. The Kier molecular flexibility index (Phi) is 8.81. The minimum absolute atomic E-state index is 0.168. The number of amides is 1. The van der Waals surface area contributed by atoms with Crippen LogP contribution in [-0.2, 0) is 16.6 Å². The second-order valence-corrected chi connectivity index (χ2v) is 9.68. The van der Waals surface area contributed by atoms with Crippen LogP contribution in [0.2, 0.25) is 0 Å². The largest absolute Gasteiger partial charge is 0.494 e. The molecule has 0 fully saturated rings. The minimum Gasteiger partial charge on any atom is -0.494 e. The first-order chi connectivity index (χ1) is 16.4. The van der Waals surface area contributed by atoms with Crippen molar-refractivity contribution >= 4 is 27.8 Å². The van der Waals surface area contributed by atoms with Crippen molar-refractivity contribution in [2.24, 2.45) is 5.10 Å². The number of rotatable bonds is 11. The van der Waals surface area contributed by atoms with Gasteiger partial charge in [0.25, 0.3) is 5.91 Å². The predicted molar refractivity (Wildman–Crippen MR) is 136 cm³/mol. The quantitative estimate of drug-likeness (QED) is 0.247. The van der Waals surface area contributed by atoms with E-state index in [4.69, 9.17) is 4.74 Å². The number of para-hydroxylation sites is 1. The van der Waals surface area contributed by atoms with Crippen LogP contribution in [0.3, 0.4) is 0 Å². The highest BCUT2D eigenvalue weighted by atomic mass is 32.2. The molecule has 0 aliphatic carbocycles. The molecule has 0 aromatic heterocycles. The van der Waals surface area contributed by atoms with Crippen molar-refractivity contribution < 1.29 is 17.9 Å². The van der Waals surface area contributed by atoms with Gasteiger partial charge in [-0.05, 0) is 66.1 Å². The van der Waals surface area contributed by atoms with E-state index >= 15 is 0 Å². The number of nitrogens with zero attached hydrogens (tertiary/aromatic N) is 2. The molecular weight excluding hydrogens is 450 g/mol. The summed E-state index contributed by atoms with van der Waals surface area (Å²) in [4.78, 5) is 12.4. The van der Waals surface area contributed by atoms with Gasteiger partial charge in [0.05, 0.1) is 31.3 Å². The Labute approximate surface area is 201 Å². The molecule has 0 atom stereocenters. The number of benzene rings is 3. The number of hydrazone groups is 1. The highest BCUT2D eigenvalue weighted by Gasteiger charge is 2.17. The van der Waals surface area contributed by atoms with E-state index in [0.717, 1.165) is 29.7 Å². The summed E-state index contributed by atoms with van der Waals surface area (Å²) in [5.74, 6) is 0.446. The van der Waals surface area contributed by atoms with Gasteiger partial charge in [-0.2, -0.15) is 5.10 Å². The van der Waals surface area contributed by atoms with Gasteiger partial charge in [0.2, 0.25) is 10.0 Å². The van der Waals surface area contributed by atoms with E-state index in [1.807, 2.05) is 30.3 Å². The maximum absolute atomic E-state index is 12.4. The summed E-state index contributed by atoms with van der Waals surface area (Å²) in [6.45, 7) is 2.97. The molecule has 178 valence electrons. The number of hydrogen-bond acceptors (Lipinski definition) is 5. The van der Waals surface area contributed by atoms with Gasteiger partial charge in [0.1, 0.15) is 5.75 Å². The Balaban J connectivity index is 1.57. The van der Waals surface area contributed by atoms with E-state index in [1.54, 1.807) is 54.7 Å². The normalized spacial score (nSPS) is 11.4. The summed E-state index contributed by atoms with van der Waals surface area (Å²) in [5, 5.41) is 4.01. The van der Waals surface area contributed by atoms with Crippen molar-refractivity contribution in [3.63, 3.8) is 0 Å². The Hall–Kier alpha value is -3.65. The standard InChI is InChI=1S/C26H29N3O4S/c1-3-4-18-33-25-16-12-21(13-17-25)19-27-28-26(30)23-14-10-22(11-15-23)20-29(34(2,31)32)24-8-6-5-7-9-24/h5-17,19H,3-4,18,20H2,1-2H3,(H,28,30)/b27-19-. The number of anilines is 1. The summed E-state index contributed by atoms with van der Waals surface area (Å²) in [7, 11) is -3.46. The smallest absolute Gasteiger partial charge is 0.271 e. The second kappa shape index (κ2) is 12.0. The fraction of sp³-hybridized carbons (Fsp3) is 0.231. The zero-order chi connectivity index (χ0) is 24.4. The van der Waals surface area contributed by atoms with Crippen molar-refractivity contribution in [3.05, 3.63) is 95.6 Å². The second-order valence-electron chi connectivity index (χ2n) is 7.77. The van der Waals surface area contributed by atoms with E-state index in [2.05, 4.69) is 17.5 Å². The number of hydrogen-bond donors (Lipinski definition) is 1. The van der Waals surface area contributed by atoms with Crippen molar-refractivity contribution in [2.45, 2.75) is 26.3 Å². The lowest BCUT2D eigenvalue weighted by atomic mass is 10.1. The van der Waals surface area contributed by atoms with Crippen molar-refractivity contribution in [1.29, 1.82) is 0 Å². The summed E-state index contributed by atoms with van der Waals surface area (Å²) in [6, 6.07) is 23.1. The lowest BCUT2D eigenvalue weighted by Crippen LogP contribution is -2.29. The van der Waals surface area contributed by atoms with Crippen molar-refractivity contribution in [2.75, 3.05) is 17.2 Å². The average Bonchev–Trinajstić information content (AvgIpc) is 2.84. The van der Waals surface area contributed by atoms with Gasteiger partial charge >= 0.3 is 0 Å². The molecule has 7 nitrogen and oxygen atoms in total. The number of ether oxygens (including phenoxy) is 1. The number of carbonyl (C=O) groups excluding carboxylic acids is 1. The molecule has 0 bridgehead atoms. The van der Waals surface area contributed by atoms with E-state index in [-0.39, 0.29) is 12.5 Å². The van der Waals surface area contributed by atoms with E-state index < -0.39 is 10.0 Å². The molecule has 0 spiro atoms. The molecule has 34 heavy (non-hydrogen) atoms. The first-order valence-corrected chi connectivity index (χ1v) is 12.9. The summed E-state index contributed by atoms with van der Waals surface area (Å²) < 4.78 is 31.5. The zero-order valence-corrected chi connectivity index (χ0v) is 20.2. The molecule has 3 aromatic carbocycles. The van der Waals surface area contributed by atoms with Crippen LogP contribution in [-0.4, -0.2) is 33.4 Å². The number of unbranched alkanes of at least 4 members (excludes halogenated alkanes) is 1. The molecule has 0 aliphatic rings. The van der Waals surface area contributed by atoms with E-state index in [0.29, 0.717) is 17.9 Å². The average molecular weight is 480 g/mol. The topological polar surface area (TPSA) is 88.1 Å². The zero-order valence-electron chi connectivity index (χ0n) is 19.3. The third-order valence-corrected chi connectivity index (χ3v) is 6.15. The van der Waals surface area contributed by atoms with Crippen LogP contribution >= 0.6 is 0 Å². The molecule has 3 rings (SSSR count). The maximum atomic E-state index is 12.4. The highest BCUT2D eigenvalue weighted by molar-refractivity contribution is 7.92. The van der Waals surface area contributed by atoms with Gasteiger partial charge in [-0.3, -0.25) is 9.10 Å². The SMILES string of the molecule is CCCCOc1ccc(/C=N\NC(=O)c2ccc(CN(c3ccccc3)S(C)(=O)=O)cc2)cc1. The first-order valence-electron chi connectivity index (χ1n) is 11.0. The number of sulfonamides is 1. The van der Waals surface area contributed by atoms with Crippen LogP contribution in [0.4, 0.5) is 5.69 Å². The monoisotopic (exact) mass is 479 g/mol. The molecule has 0 saturated carbocycles.